The van der Waals surface area contributed by atoms with E-state index in [-0.39, 0.29) is 11.9 Å². The molecule has 0 aromatic heterocycles. The molecular formula is C23H33FO. The maximum atomic E-state index is 13.9. The second-order valence-electron chi connectivity index (χ2n) is 8.83. The van der Waals surface area contributed by atoms with Crippen LogP contribution in [0, 0.1) is 29.5 Å². The van der Waals surface area contributed by atoms with Gasteiger partial charge in [0.15, 0.2) is 11.6 Å². The lowest BCUT2D eigenvalue weighted by Gasteiger charge is -2.39. The SMILES string of the molecule is CCCC1CCC(C2CCC(C3Cc4cccc(F)c4O3)CC2)CC1. The lowest BCUT2D eigenvalue weighted by Crippen LogP contribution is -2.32. The molecule has 138 valence electrons. The maximum absolute atomic E-state index is 13.9. The third kappa shape index (κ3) is 3.73. The molecule has 1 heterocycles. The van der Waals surface area contributed by atoms with E-state index in [1.165, 1.54) is 70.3 Å². The van der Waals surface area contributed by atoms with Gasteiger partial charge in [-0.15, -0.1) is 0 Å². The van der Waals surface area contributed by atoms with E-state index in [1.54, 1.807) is 0 Å². The Bertz CT molecular complexity index is 567. The molecule has 1 atom stereocenters. The number of hydrogen-bond donors (Lipinski definition) is 0. The summed E-state index contributed by atoms with van der Waals surface area (Å²) in [7, 11) is 0. The van der Waals surface area contributed by atoms with Crippen molar-refractivity contribution in [2.24, 2.45) is 23.7 Å². The molecule has 25 heavy (non-hydrogen) atoms. The first-order chi connectivity index (χ1) is 12.2. The van der Waals surface area contributed by atoms with E-state index in [1.807, 2.05) is 12.1 Å². The molecule has 2 saturated carbocycles. The fourth-order valence-electron chi connectivity index (χ4n) is 5.86. The average molecular weight is 345 g/mol. The largest absolute Gasteiger partial charge is 0.486 e. The predicted octanol–water partition coefficient (Wildman–Crippen LogP) is 6.54. The Morgan fingerprint density at radius 2 is 1.56 bits per heavy atom. The topological polar surface area (TPSA) is 9.23 Å². The number of fused-ring (bicyclic) bond motifs is 1. The number of rotatable bonds is 4. The van der Waals surface area contributed by atoms with Gasteiger partial charge in [-0.2, -0.15) is 0 Å². The summed E-state index contributed by atoms with van der Waals surface area (Å²) in [5.74, 6) is 3.91. The molecule has 1 unspecified atom stereocenters. The number of para-hydroxylation sites is 1. The Kier molecular flexibility index (Phi) is 5.33. The van der Waals surface area contributed by atoms with Gasteiger partial charge in [-0.1, -0.05) is 44.7 Å². The Hall–Kier alpha value is -1.05. The van der Waals surface area contributed by atoms with Crippen molar-refractivity contribution < 1.29 is 9.13 Å². The number of ether oxygens (including phenoxy) is 1. The van der Waals surface area contributed by atoms with Crippen molar-refractivity contribution in [2.75, 3.05) is 0 Å². The lowest BCUT2D eigenvalue weighted by molar-refractivity contribution is 0.0831. The highest BCUT2D eigenvalue weighted by atomic mass is 19.1. The van der Waals surface area contributed by atoms with Crippen LogP contribution >= 0.6 is 0 Å². The number of hydrogen-bond acceptors (Lipinski definition) is 1. The van der Waals surface area contributed by atoms with E-state index < -0.39 is 0 Å². The van der Waals surface area contributed by atoms with E-state index in [9.17, 15) is 4.39 Å². The highest BCUT2D eigenvalue weighted by Crippen LogP contribution is 2.45. The minimum Gasteiger partial charge on any atom is -0.486 e. The van der Waals surface area contributed by atoms with Crippen LogP contribution < -0.4 is 4.74 Å². The number of halogens is 1. The summed E-state index contributed by atoms with van der Waals surface area (Å²) in [6, 6.07) is 5.36. The third-order valence-corrected chi connectivity index (χ3v) is 7.34. The summed E-state index contributed by atoms with van der Waals surface area (Å²) in [5, 5.41) is 0. The minimum absolute atomic E-state index is 0.183. The highest BCUT2D eigenvalue weighted by Gasteiger charge is 2.36. The summed E-state index contributed by atoms with van der Waals surface area (Å²) in [6.45, 7) is 2.32. The molecule has 0 radical (unpaired) electrons. The molecule has 0 saturated heterocycles. The number of benzene rings is 1. The molecule has 1 aliphatic heterocycles. The molecule has 1 nitrogen and oxygen atoms in total. The summed E-state index contributed by atoms with van der Waals surface area (Å²) >= 11 is 0. The van der Waals surface area contributed by atoms with E-state index in [0.29, 0.717) is 11.7 Å². The zero-order valence-corrected chi connectivity index (χ0v) is 15.7. The Labute approximate surface area is 152 Å². The van der Waals surface area contributed by atoms with Crippen LogP contribution in [0.15, 0.2) is 18.2 Å². The van der Waals surface area contributed by atoms with E-state index >= 15 is 0 Å². The summed E-state index contributed by atoms with van der Waals surface area (Å²) in [5.41, 5.74) is 1.07. The summed E-state index contributed by atoms with van der Waals surface area (Å²) < 4.78 is 19.9. The van der Waals surface area contributed by atoms with Crippen molar-refractivity contribution in [3.8, 4) is 5.75 Å². The van der Waals surface area contributed by atoms with Gasteiger partial charge in [0.2, 0.25) is 0 Å². The summed E-state index contributed by atoms with van der Waals surface area (Å²) in [4.78, 5) is 0. The van der Waals surface area contributed by atoms with Crippen molar-refractivity contribution in [3.05, 3.63) is 29.6 Å². The first kappa shape index (κ1) is 17.4. The van der Waals surface area contributed by atoms with Crippen molar-refractivity contribution in [3.63, 3.8) is 0 Å². The molecule has 3 aliphatic rings. The van der Waals surface area contributed by atoms with E-state index in [4.69, 9.17) is 4.74 Å². The second-order valence-corrected chi connectivity index (χ2v) is 8.83. The van der Waals surface area contributed by atoms with E-state index in [0.717, 1.165) is 29.7 Å². The van der Waals surface area contributed by atoms with Gasteiger partial charge < -0.3 is 4.74 Å². The van der Waals surface area contributed by atoms with Gasteiger partial charge in [-0.25, -0.2) is 4.39 Å². The molecule has 2 heteroatoms. The van der Waals surface area contributed by atoms with Gasteiger partial charge in [0.25, 0.3) is 0 Å². The van der Waals surface area contributed by atoms with Crippen LogP contribution in [0.3, 0.4) is 0 Å². The van der Waals surface area contributed by atoms with Crippen molar-refractivity contribution >= 4 is 0 Å². The molecule has 0 bridgehead atoms. The smallest absolute Gasteiger partial charge is 0.165 e. The monoisotopic (exact) mass is 344 g/mol. The van der Waals surface area contributed by atoms with Crippen LogP contribution in [0.25, 0.3) is 0 Å². The molecule has 1 aromatic rings. The zero-order valence-electron chi connectivity index (χ0n) is 15.7. The molecule has 0 N–H and O–H groups in total. The van der Waals surface area contributed by atoms with Crippen molar-refractivity contribution in [2.45, 2.75) is 83.7 Å². The molecule has 0 amide bonds. The van der Waals surface area contributed by atoms with Gasteiger partial charge in [0.05, 0.1) is 0 Å². The normalized spacial score (nSPS) is 35.2. The first-order valence-corrected chi connectivity index (χ1v) is 10.7. The Balaban J connectivity index is 1.26. The van der Waals surface area contributed by atoms with Crippen LogP contribution in [0.2, 0.25) is 0 Å². The zero-order chi connectivity index (χ0) is 17.2. The van der Waals surface area contributed by atoms with Gasteiger partial charge in [-0.3, -0.25) is 0 Å². The molecule has 2 aliphatic carbocycles. The van der Waals surface area contributed by atoms with Gasteiger partial charge in [0, 0.05) is 12.0 Å². The highest BCUT2D eigenvalue weighted by molar-refractivity contribution is 5.38. The Morgan fingerprint density at radius 1 is 0.920 bits per heavy atom. The fraction of sp³-hybridized carbons (Fsp3) is 0.739. The predicted molar refractivity (Wildman–Crippen MR) is 100 cm³/mol. The maximum Gasteiger partial charge on any atom is 0.165 e. The quantitative estimate of drug-likeness (QED) is 0.602. The van der Waals surface area contributed by atoms with Crippen molar-refractivity contribution in [1.82, 2.24) is 0 Å². The summed E-state index contributed by atoms with van der Waals surface area (Å²) in [6.07, 6.45) is 15.1. The minimum atomic E-state index is -0.183. The van der Waals surface area contributed by atoms with Crippen LogP contribution in [0.4, 0.5) is 4.39 Å². The lowest BCUT2D eigenvalue weighted by atomic mass is 9.68. The standard InChI is InChI=1S/C23H33FO/c1-2-4-16-7-9-17(10-8-16)18-11-13-19(14-12-18)22-15-20-5-3-6-21(24)23(20)25-22/h3,5-6,16-19,22H,2,4,7-15H2,1H3. The van der Waals surface area contributed by atoms with Gasteiger partial charge in [0.1, 0.15) is 6.10 Å². The first-order valence-electron chi connectivity index (χ1n) is 10.7. The van der Waals surface area contributed by atoms with Crippen LogP contribution in [0.5, 0.6) is 5.75 Å². The molecule has 0 spiro atoms. The third-order valence-electron chi connectivity index (χ3n) is 7.34. The molecule has 1 aromatic carbocycles. The molecule has 4 rings (SSSR count). The van der Waals surface area contributed by atoms with Crippen molar-refractivity contribution in [1.29, 1.82) is 0 Å². The average Bonchev–Trinajstić information content (AvgIpc) is 3.09. The van der Waals surface area contributed by atoms with E-state index in [2.05, 4.69) is 6.92 Å². The van der Waals surface area contributed by atoms with Crippen LogP contribution in [-0.4, -0.2) is 6.10 Å². The Morgan fingerprint density at radius 3 is 2.20 bits per heavy atom. The fourth-order valence-corrected chi connectivity index (χ4v) is 5.86. The van der Waals surface area contributed by atoms with Gasteiger partial charge >= 0.3 is 0 Å². The van der Waals surface area contributed by atoms with Gasteiger partial charge in [-0.05, 0) is 68.3 Å². The molecular weight excluding hydrogens is 311 g/mol. The van der Waals surface area contributed by atoms with Crippen LogP contribution in [0.1, 0.15) is 76.7 Å². The molecule has 2 fully saturated rings. The second kappa shape index (κ2) is 7.68. The van der Waals surface area contributed by atoms with Crippen LogP contribution in [-0.2, 0) is 6.42 Å².